The number of carbonyl (C=O) groups excluding carboxylic acids is 1. The van der Waals surface area contributed by atoms with Gasteiger partial charge >= 0.3 is 0 Å². The van der Waals surface area contributed by atoms with Crippen molar-refractivity contribution >= 4 is 11.6 Å². The summed E-state index contributed by atoms with van der Waals surface area (Å²) in [4.78, 5) is 10.8. The normalized spacial score (nSPS) is 9.71. The topological polar surface area (TPSA) is 38.3 Å². The van der Waals surface area contributed by atoms with Gasteiger partial charge in [-0.25, -0.2) is 4.39 Å². The van der Waals surface area contributed by atoms with Crippen LogP contribution in [0.1, 0.15) is 12.5 Å². The molecule has 3 nitrogen and oxygen atoms in total. The van der Waals surface area contributed by atoms with Gasteiger partial charge < -0.3 is 10.1 Å². The number of anilines is 1. The van der Waals surface area contributed by atoms with Crippen LogP contribution in [-0.4, -0.2) is 13.0 Å². The SMILES string of the molecule is COc1c(F)cc(C)cc1NC(C)=O. The molecule has 0 radical (unpaired) electrons. The number of methoxy groups -OCH3 is 1. The Morgan fingerprint density at radius 2 is 2.14 bits per heavy atom. The minimum atomic E-state index is -0.476. The van der Waals surface area contributed by atoms with Gasteiger partial charge in [0, 0.05) is 6.92 Å². The maximum Gasteiger partial charge on any atom is 0.221 e. The molecule has 1 N–H and O–H groups in total. The number of hydrogen-bond acceptors (Lipinski definition) is 2. The summed E-state index contributed by atoms with van der Waals surface area (Å²) in [5.41, 5.74) is 1.09. The van der Waals surface area contributed by atoms with Gasteiger partial charge in [0.2, 0.25) is 5.91 Å². The van der Waals surface area contributed by atoms with Crippen LogP contribution in [0.15, 0.2) is 12.1 Å². The fourth-order valence-electron chi connectivity index (χ4n) is 1.22. The smallest absolute Gasteiger partial charge is 0.221 e. The first-order valence-electron chi connectivity index (χ1n) is 4.16. The lowest BCUT2D eigenvalue weighted by Crippen LogP contribution is -2.08. The molecule has 0 aliphatic carbocycles. The Bertz CT molecular complexity index is 363. The molecule has 76 valence electrons. The Balaban J connectivity index is 3.17. The van der Waals surface area contributed by atoms with E-state index in [-0.39, 0.29) is 11.7 Å². The van der Waals surface area contributed by atoms with E-state index in [1.165, 1.54) is 20.1 Å². The van der Waals surface area contributed by atoms with E-state index in [1.807, 2.05) is 0 Å². The van der Waals surface area contributed by atoms with Crippen molar-refractivity contribution in [2.75, 3.05) is 12.4 Å². The zero-order chi connectivity index (χ0) is 10.7. The lowest BCUT2D eigenvalue weighted by atomic mass is 10.2. The molecule has 14 heavy (non-hydrogen) atoms. The maximum atomic E-state index is 13.3. The zero-order valence-corrected chi connectivity index (χ0v) is 8.35. The molecule has 0 saturated carbocycles. The largest absolute Gasteiger partial charge is 0.492 e. The molecule has 0 saturated heterocycles. The molecule has 0 bridgehead atoms. The van der Waals surface area contributed by atoms with Crippen molar-refractivity contribution < 1.29 is 13.9 Å². The Morgan fingerprint density at radius 3 is 2.64 bits per heavy atom. The quantitative estimate of drug-likeness (QED) is 0.788. The van der Waals surface area contributed by atoms with Gasteiger partial charge in [0.25, 0.3) is 0 Å². The van der Waals surface area contributed by atoms with Crippen LogP contribution >= 0.6 is 0 Å². The molecule has 0 aliphatic heterocycles. The molecule has 1 rings (SSSR count). The third-order valence-electron chi connectivity index (χ3n) is 1.70. The molecule has 4 heteroatoms. The standard InChI is InChI=1S/C10H12FNO2/c1-6-4-8(11)10(14-3)9(5-6)12-7(2)13/h4-5H,1-3H3,(H,12,13). The summed E-state index contributed by atoms with van der Waals surface area (Å²) >= 11 is 0. The predicted molar refractivity (Wildman–Crippen MR) is 52.0 cm³/mol. The number of benzene rings is 1. The van der Waals surface area contributed by atoms with Crippen LogP contribution in [0.3, 0.4) is 0 Å². The first-order chi connectivity index (χ1) is 6.54. The first-order valence-corrected chi connectivity index (χ1v) is 4.16. The molecule has 1 aromatic carbocycles. The zero-order valence-electron chi connectivity index (χ0n) is 8.35. The molecule has 0 fully saturated rings. The van der Waals surface area contributed by atoms with Gasteiger partial charge in [0.1, 0.15) is 0 Å². The Hall–Kier alpha value is -1.58. The van der Waals surface area contributed by atoms with Crippen molar-refractivity contribution in [1.29, 1.82) is 0 Å². The number of nitrogens with one attached hydrogen (secondary N) is 1. The second-order valence-electron chi connectivity index (χ2n) is 3.01. The molecule has 0 unspecified atom stereocenters. The highest BCUT2D eigenvalue weighted by Crippen LogP contribution is 2.28. The Kier molecular flexibility index (Phi) is 3.06. The predicted octanol–water partition coefficient (Wildman–Crippen LogP) is 2.10. The molecular formula is C10H12FNO2. The van der Waals surface area contributed by atoms with Crippen LogP contribution in [0.4, 0.5) is 10.1 Å². The number of hydrogen-bond donors (Lipinski definition) is 1. The molecule has 0 aliphatic rings. The van der Waals surface area contributed by atoms with Crippen molar-refractivity contribution in [2.24, 2.45) is 0 Å². The van der Waals surface area contributed by atoms with E-state index in [0.29, 0.717) is 5.69 Å². The van der Waals surface area contributed by atoms with Crippen LogP contribution < -0.4 is 10.1 Å². The molecule has 0 aromatic heterocycles. The molecule has 1 aromatic rings. The minimum Gasteiger partial charge on any atom is -0.492 e. The third-order valence-corrected chi connectivity index (χ3v) is 1.70. The van der Waals surface area contributed by atoms with Gasteiger partial charge in [0.15, 0.2) is 11.6 Å². The van der Waals surface area contributed by atoms with Crippen molar-refractivity contribution in [3.8, 4) is 5.75 Å². The van der Waals surface area contributed by atoms with Crippen LogP contribution in [0, 0.1) is 12.7 Å². The second-order valence-corrected chi connectivity index (χ2v) is 3.01. The van der Waals surface area contributed by atoms with Gasteiger partial charge in [-0.05, 0) is 24.6 Å². The second kappa shape index (κ2) is 4.09. The summed E-state index contributed by atoms with van der Waals surface area (Å²) in [7, 11) is 1.36. The minimum absolute atomic E-state index is 0.0609. The molecule has 0 spiro atoms. The van der Waals surface area contributed by atoms with Gasteiger partial charge in [-0.2, -0.15) is 0 Å². The van der Waals surface area contributed by atoms with E-state index in [1.54, 1.807) is 13.0 Å². The third kappa shape index (κ3) is 2.22. The van der Waals surface area contributed by atoms with Crippen molar-refractivity contribution in [3.05, 3.63) is 23.5 Å². The number of amides is 1. The van der Waals surface area contributed by atoms with E-state index in [0.717, 1.165) is 5.56 Å². The van der Waals surface area contributed by atoms with Gasteiger partial charge in [-0.15, -0.1) is 0 Å². The van der Waals surface area contributed by atoms with E-state index in [2.05, 4.69) is 5.32 Å². The van der Waals surface area contributed by atoms with Crippen LogP contribution in [0.2, 0.25) is 0 Å². The van der Waals surface area contributed by atoms with E-state index >= 15 is 0 Å². The number of rotatable bonds is 2. The summed E-state index contributed by atoms with van der Waals surface area (Å²) in [5.74, 6) is -0.671. The Labute approximate surface area is 81.9 Å². The van der Waals surface area contributed by atoms with Crippen LogP contribution in [0.25, 0.3) is 0 Å². The summed E-state index contributed by atoms with van der Waals surface area (Å²) in [5, 5.41) is 2.50. The van der Waals surface area contributed by atoms with Gasteiger partial charge in [-0.3, -0.25) is 4.79 Å². The van der Waals surface area contributed by atoms with Crippen molar-refractivity contribution in [1.82, 2.24) is 0 Å². The average Bonchev–Trinajstić information content (AvgIpc) is 2.01. The summed E-state index contributed by atoms with van der Waals surface area (Å²) in [6.45, 7) is 3.10. The van der Waals surface area contributed by atoms with Gasteiger partial charge in [0.05, 0.1) is 12.8 Å². The number of ether oxygens (including phenoxy) is 1. The molecule has 0 atom stereocenters. The fraction of sp³-hybridized carbons (Fsp3) is 0.300. The monoisotopic (exact) mass is 197 g/mol. The average molecular weight is 197 g/mol. The highest BCUT2D eigenvalue weighted by molar-refractivity contribution is 5.90. The van der Waals surface area contributed by atoms with Crippen molar-refractivity contribution in [2.45, 2.75) is 13.8 Å². The van der Waals surface area contributed by atoms with E-state index in [9.17, 15) is 9.18 Å². The maximum absolute atomic E-state index is 13.3. The lowest BCUT2D eigenvalue weighted by molar-refractivity contribution is -0.114. The van der Waals surface area contributed by atoms with Gasteiger partial charge in [-0.1, -0.05) is 0 Å². The van der Waals surface area contributed by atoms with Crippen LogP contribution in [0.5, 0.6) is 5.75 Å². The molecule has 1 amide bonds. The number of carbonyl (C=O) groups is 1. The fourth-order valence-corrected chi connectivity index (χ4v) is 1.22. The molecular weight excluding hydrogens is 185 g/mol. The van der Waals surface area contributed by atoms with E-state index in [4.69, 9.17) is 4.74 Å². The lowest BCUT2D eigenvalue weighted by Gasteiger charge is -2.10. The number of aryl methyl sites for hydroxylation is 1. The highest BCUT2D eigenvalue weighted by atomic mass is 19.1. The summed E-state index contributed by atoms with van der Waals surface area (Å²) < 4.78 is 18.1. The highest BCUT2D eigenvalue weighted by Gasteiger charge is 2.10. The summed E-state index contributed by atoms with van der Waals surface area (Å²) in [6.07, 6.45) is 0. The number of halogens is 1. The molecule has 0 heterocycles. The Morgan fingerprint density at radius 1 is 1.50 bits per heavy atom. The van der Waals surface area contributed by atoms with Crippen molar-refractivity contribution in [3.63, 3.8) is 0 Å². The first kappa shape index (κ1) is 10.5. The summed E-state index contributed by atoms with van der Waals surface area (Å²) in [6, 6.07) is 3.01. The van der Waals surface area contributed by atoms with E-state index < -0.39 is 5.82 Å². The van der Waals surface area contributed by atoms with Crippen LogP contribution in [-0.2, 0) is 4.79 Å².